The van der Waals surface area contributed by atoms with Crippen molar-refractivity contribution >= 4 is 13.8 Å². The van der Waals surface area contributed by atoms with E-state index >= 15 is 0 Å². The molecule has 0 saturated heterocycles. The zero-order valence-electron chi connectivity index (χ0n) is 35.6. The monoisotopic (exact) mass is 790 g/mol. The van der Waals surface area contributed by atoms with E-state index in [0.29, 0.717) is 17.6 Å². The van der Waals surface area contributed by atoms with Crippen molar-refractivity contribution in [2.75, 3.05) is 54.1 Å². The molecule has 0 fully saturated rings. The Balaban J connectivity index is 4.31. The smallest absolute Gasteiger partial charge is 0.306 e. The molecule has 0 aliphatic rings. The lowest BCUT2D eigenvalue weighted by molar-refractivity contribution is -0.870. The Morgan fingerprint density at radius 1 is 0.582 bits per heavy atom. The molecule has 8 nitrogen and oxygen atoms in total. The predicted octanol–water partition coefficient (Wildman–Crippen LogP) is 11.9. The van der Waals surface area contributed by atoms with Gasteiger partial charge in [0.05, 0.1) is 34.4 Å². The fraction of sp³-hybridized carbons (Fsp3) is 0.674. The maximum atomic E-state index is 12.6. The Hall–Kier alpha value is -2.32. The minimum absolute atomic E-state index is 0.0128. The molecule has 0 spiro atoms. The normalized spacial score (nSPS) is 14.7. The van der Waals surface area contributed by atoms with E-state index in [0.717, 1.165) is 103 Å². The third-order valence-corrected chi connectivity index (χ3v) is 9.39. The lowest BCUT2D eigenvalue weighted by Gasteiger charge is -2.28. The number of ether oxygens (including phenoxy) is 2. The number of carbonyl (C=O) groups excluding carboxylic acids is 1. The Labute approximate surface area is 337 Å². The molecule has 0 saturated carbocycles. The molecule has 2 unspecified atom stereocenters. The van der Waals surface area contributed by atoms with Crippen molar-refractivity contribution in [1.29, 1.82) is 0 Å². The number of esters is 1. The molecule has 0 bridgehead atoms. The van der Waals surface area contributed by atoms with E-state index in [1.165, 1.54) is 19.3 Å². The number of carbonyl (C=O) groups is 1. The van der Waals surface area contributed by atoms with Gasteiger partial charge in [0.25, 0.3) is 7.82 Å². The van der Waals surface area contributed by atoms with Crippen molar-refractivity contribution in [3.63, 3.8) is 0 Å². The number of unbranched alkanes of at least 4 members (excludes halogenated alkanes) is 10. The summed E-state index contributed by atoms with van der Waals surface area (Å²) in [5, 5.41) is 0. The number of rotatable bonds is 38. The molecule has 0 aliphatic heterocycles. The standard InChI is InChI=1S/C46H80NO7P/c1-6-8-10-12-14-16-18-19-20-21-22-23-24-25-26-27-28-30-32-34-36-38-41-51-43-45(44-53-55(49,50)52-42-40-47(3,4)5)54-46(48)39-37-35-33-31-29-17-15-13-11-9-7-2/h8,10,13-16,19-20,22-23,25-26,28,30,45H,6-7,9,11-12,17-18,21,24,27,29,31-44H2,1-5H3/b10-8-,15-13-,16-14-,20-19-,23-22-,26-25-,30-28-. The highest BCUT2D eigenvalue weighted by atomic mass is 31.2. The summed E-state index contributed by atoms with van der Waals surface area (Å²) >= 11 is 0. The summed E-state index contributed by atoms with van der Waals surface area (Å²) in [6, 6.07) is 0. The van der Waals surface area contributed by atoms with E-state index in [2.05, 4.69) is 98.9 Å². The minimum atomic E-state index is -4.54. The largest absolute Gasteiger partial charge is 0.756 e. The van der Waals surface area contributed by atoms with E-state index < -0.39 is 13.9 Å². The van der Waals surface area contributed by atoms with Crippen LogP contribution < -0.4 is 4.89 Å². The van der Waals surface area contributed by atoms with Crippen LogP contribution in [0.1, 0.15) is 142 Å². The quantitative estimate of drug-likeness (QED) is 0.0202. The van der Waals surface area contributed by atoms with Crippen molar-refractivity contribution in [2.45, 2.75) is 148 Å². The van der Waals surface area contributed by atoms with Crippen LogP contribution in [0, 0.1) is 0 Å². The maximum absolute atomic E-state index is 12.6. The number of phosphoric ester groups is 1. The first-order chi connectivity index (χ1) is 26.6. The molecule has 0 rings (SSSR count). The summed E-state index contributed by atoms with van der Waals surface area (Å²) in [7, 11) is 1.31. The van der Waals surface area contributed by atoms with Gasteiger partial charge >= 0.3 is 5.97 Å². The molecular weight excluding hydrogens is 709 g/mol. The lowest BCUT2D eigenvalue weighted by Crippen LogP contribution is -2.37. The van der Waals surface area contributed by atoms with Crippen molar-refractivity contribution in [1.82, 2.24) is 0 Å². The fourth-order valence-corrected chi connectivity index (χ4v) is 5.84. The molecule has 9 heteroatoms. The third kappa shape index (κ3) is 42.7. The number of quaternary nitrogens is 1. The number of phosphoric acid groups is 1. The first-order valence-electron chi connectivity index (χ1n) is 21.3. The molecule has 316 valence electrons. The van der Waals surface area contributed by atoms with Gasteiger partial charge in [-0.2, -0.15) is 0 Å². The van der Waals surface area contributed by atoms with Crippen LogP contribution in [-0.2, 0) is 27.9 Å². The van der Waals surface area contributed by atoms with Gasteiger partial charge in [-0.1, -0.05) is 137 Å². The molecule has 2 atom stereocenters. The molecule has 0 amide bonds. The van der Waals surface area contributed by atoms with Crippen LogP contribution in [-0.4, -0.2) is 70.7 Å². The SMILES string of the molecule is CC/C=C\C/C=C\C/C=C\C/C=C\C/C=C\C/C=C\CCCCCOCC(COP(=O)([O-])OCC[N+](C)(C)C)OC(=O)CCCCCCC/C=C\CCCC. The predicted molar refractivity (Wildman–Crippen MR) is 231 cm³/mol. The van der Waals surface area contributed by atoms with Crippen LogP contribution in [0.5, 0.6) is 0 Å². The van der Waals surface area contributed by atoms with Gasteiger partial charge < -0.3 is 27.9 Å². The highest BCUT2D eigenvalue weighted by Gasteiger charge is 2.20. The van der Waals surface area contributed by atoms with Gasteiger partial charge in [0.15, 0.2) is 0 Å². The van der Waals surface area contributed by atoms with Crippen LogP contribution in [0.3, 0.4) is 0 Å². The van der Waals surface area contributed by atoms with Crippen LogP contribution in [0.25, 0.3) is 0 Å². The van der Waals surface area contributed by atoms with Crippen LogP contribution in [0.15, 0.2) is 85.1 Å². The molecule has 0 aromatic carbocycles. The zero-order chi connectivity index (χ0) is 40.6. The second kappa shape index (κ2) is 38.5. The summed E-state index contributed by atoms with van der Waals surface area (Å²) in [5.41, 5.74) is 0. The second-order valence-electron chi connectivity index (χ2n) is 15.0. The molecule has 0 radical (unpaired) electrons. The number of hydrogen-bond donors (Lipinski definition) is 0. The molecule has 0 N–H and O–H groups in total. The van der Waals surface area contributed by atoms with Gasteiger partial charge in [-0.25, -0.2) is 0 Å². The van der Waals surface area contributed by atoms with E-state index in [9.17, 15) is 14.3 Å². The van der Waals surface area contributed by atoms with Gasteiger partial charge in [0.1, 0.15) is 19.3 Å². The van der Waals surface area contributed by atoms with Gasteiger partial charge in [-0.15, -0.1) is 0 Å². The van der Waals surface area contributed by atoms with E-state index in [1.54, 1.807) is 0 Å². The number of allylic oxidation sites excluding steroid dienone is 14. The topological polar surface area (TPSA) is 94.1 Å². The third-order valence-electron chi connectivity index (χ3n) is 8.43. The average molecular weight is 790 g/mol. The van der Waals surface area contributed by atoms with Crippen molar-refractivity contribution in [3.05, 3.63) is 85.1 Å². The number of likely N-dealkylation sites (N-methyl/N-ethyl adjacent to an activating group) is 1. The summed E-state index contributed by atoms with van der Waals surface area (Å²) in [5.74, 6) is -0.362. The maximum Gasteiger partial charge on any atom is 0.306 e. The molecular formula is C46H80NO7P. The number of nitrogens with zero attached hydrogens (tertiary/aromatic N) is 1. The molecule has 55 heavy (non-hydrogen) atoms. The highest BCUT2D eigenvalue weighted by Crippen LogP contribution is 2.38. The fourth-order valence-electron chi connectivity index (χ4n) is 5.12. The van der Waals surface area contributed by atoms with E-state index in [-0.39, 0.29) is 32.2 Å². The molecule has 0 heterocycles. The second-order valence-corrected chi connectivity index (χ2v) is 16.4. The summed E-state index contributed by atoms with van der Waals surface area (Å²) < 4.78 is 34.5. The lowest BCUT2D eigenvalue weighted by atomic mass is 10.1. The highest BCUT2D eigenvalue weighted by molar-refractivity contribution is 7.45. The summed E-state index contributed by atoms with van der Waals surface area (Å²) in [6.45, 7) is 5.13. The first-order valence-corrected chi connectivity index (χ1v) is 22.8. The van der Waals surface area contributed by atoms with E-state index in [4.69, 9.17) is 18.5 Å². The Morgan fingerprint density at radius 2 is 1.05 bits per heavy atom. The van der Waals surface area contributed by atoms with Gasteiger partial charge in [-0.3, -0.25) is 9.36 Å². The Kier molecular flexibility index (Phi) is 36.9. The molecule has 0 aromatic rings. The van der Waals surface area contributed by atoms with Crippen LogP contribution in [0.4, 0.5) is 0 Å². The average Bonchev–Trinajstić information content (AvgIpc) is 3.13. The summed E-state index contributed by atoms with van der Waals surface area (Å²) in [6.07, 6.45) is 50.3. The minimum Gasteiger partial charge on any atom is -0.756 e. The van der Waals surface area contributed by atoms with Crippen molar-refractivity contribution in [3.8, 4) is 0 Å². The van der Waals surface area contributed by atoms with Crippen LogP contribution in [0.2, 0.25) is 0 Å². The summed E-state index contributed by atoms with van der Waals surface area (Å²) in [4.78, 5) is 25.0. The van der Waals surface area contributed by atoms with Crippen molar-refractivity contribution in [2.24, 2.45) is 0 Å². The van der Waals surface area contributed by atoms with Gasteiger partial charge in [-0.05, 0) is 83.5 Å². The number of hydrogen-bond acceptors (Lipinski definition) is 7. The van der Waals surface area contributed by atoms with Crippen LogP contribution >= 0.6 is 7.82 Å². The Bertz CT molecular complexity index is 1150. The first kappa shape index (κ1) is 52.7. The van der Waals surface area contributed by atoms with E-state index in [1.807, 2.05) is 21.1 Å². The molecule has 0 aliphatic carbocycles. The van der Waals surface area contributed by atoms with Gasteiger partial charge in [0, 0.05) is 13.0 Å². The molecule has 0 aromatic heterocycles. The Morgan fingerprint density at radius 3 is 1.60 bits per heavy atom. The van der Waals surface area contributed by atoms with Crippen molar-refractivity contribution < 1.29 is 37.3 Å². The zero-order valence-corrected chi connectivity index (χ0v) is 36.5. The van der Waals surface area contributed by atoms with Gasteiger partial charge in [0.2, 0.25) is 0 Å².